The van der Waals surface area contributed by atoms with Crippen LogP contribution in [0.4, 0.5) is 5.69 Å². The fourth-order valence-corrected chi connectivity index (χ4v) is 4.10. The van der Waals surface area contributed by atoms with E-state index in [9.17, 15) is 8.42 Å². The Hall–Kier alpha value is -1.07. The smallest absolute Gasteiger partial charge is 0.243 e. The molecule has 0 bridgehead atoms. The molecule has 5 heteroatoms. The number of benzene rings is 1. The number of hydrogen-bond donors (Lipinski definition) is 1. The predicted molar refractivity (Wildman–Crippen MR) is 87.1 cm³/mol. The van der Waals surface area contributed by atoms with Crippen molar-refractivity contribution in [3.63, 3.8) is 0 Å². The van der Waals surface area contributed by atoms with Crippen LogP contribution in [0, 0.1) is 0 Å². The van der Waals surface area contributed by atoms with Crippen LogP contribution in [0.1, 0.15) is 45.4 Å². The van der Waals surface area contributed by atoms with Crippen LogP contribution < -0.4 is 5.32 Å². The predicted octanol–water partition coefficient (Wildman–Crippen LogP) is 3.46. The number of unbranched alkanes of at least 4 members (excludes halogenated alkanes) is 1. The standard InChI is InChI=1S/C16H26N2O2S/c1-2-3-12-17-15-8-10-16(11-9-15)21(19,20)18-13-6-4-5-7-14-18/h8-11,17H,2-7,12-14H2,1H3. The molecule has 1 aromatic carbocycles. The largest absolute Gasteiger partial charge is 0.385 e. The highest BCUT2D eigenvalue weighted by molar-refractivity contribution is 7.89. The monoisotopic (exact) mass is 310 g/mol. The molecule has 1 N–H and O–H groups in total. The Labute approximate surface area is 128 Å². The summed E-state index contributed by atoms with van der Waals surface area (Å²) in [5.41, 5.74) is 0.985. The van der Waals surface area contributed by atoms with Crippen molar-refractivity contribution in [1.29, 1.82) is 0 Å². The average molecular weight is 310 g/mol. The van der Waals surface area contributed by atoms with Crippen molar-refractivity contribution in [2.24, 2.45) is 0 Å². The third-order valence-corrected chi connectivity index (χ3v) is 5.83. The molecule has 4 nitrogen and oxygen atoms in total. The third-order valence-electron chi connectivity index (χ3n) is 3.92. The maximum absolute atomic E-state index is 12.6. The molecular formula is C16H26N2O2S. The zero-order chi connectivity index (χ0) is 15.1. The van der Waals surface area contributed by atoms with Crippen molar-refractivity contribution in [2.75, 3.05) is 25.0 Å². The second kappa shape index (κ2) is 7.80. The first kappa shape index (κ1) is 16.3. The second-order valence-corrected chi connectivity index (χ2v) is 7.56. The Morgan fingerprint density at radius 2 is 1.67 bits per heavy atom. The number of nitrogens with zero attached hydrogens (tertiary/aromatic N) is 1. The van der Waals surface area contributed by atoms with E-state index in [-0.39, 0.29) is 0 Å². The molecule has 1 heterocycles. The minimum atomic E-state index is -3.32. The molecule has 1 aromatic rings. The highest BCUT2D eigenvalue weighted by Gasteiger charge is 2.24. The molecule has 1 aliphatic rings. The van der Waals surface area contributed by atoms with Gasteiger partial charge in [0.25, 0.3) is 0 Å². The molecule has 0 unspecified atom stereocenters. The summed E-state index contributed by atoms with van der Waals surface area (Å²) >= 11 is 0. The quantitative estimate of drug-likeness (QED) is 0.819. The summed E-state index contributed by atoms with van der Waals surface area (Å²) in [6.07, 6.45) is 6.46. The molecule has 0 radical (unpaired) electrons. The summed E-state index contributed by atoms with van der Waals surface area (Å²) in [5, 5.41) is 3.31. The summed E-state index contributed by atoms with van der Waals surface area (Å²) in [4.78, 5) is 0.408. The van der Waals surface area contributed by atoms with Gasteiger partial charge in [-0.2, -0.15) is 4.31 Å². The van der Waals surface area contributed by atoms with Crippen molar-refractivity contribution >= 4 is 15.7 Å². The molecule has 118 valence electrons. The van der Waals surface area contributed by atoms with E-state index >= 15 is 0 Å². The molecule has 21 heavy (non-hydrogen) atoms. The normalized spacial score (nSPS) is 17.4. The van der Waals surface area contributed by atoms with Gasteiger partial charge >= 0.3 is 0 Å². The van der Waals surface area contributed by atoms with E-state index in [1.165, 1.54) is 0 Å². The van der Waals surface area contributed by atoms with Gasteiger partial charge in [-0.3, -0.25) is 0 Å². The van der Waals surface area contributed by atoms with Crippen molar-refractivity contribution in [1.82, 2.24) is 4.31 Å². The summed E-state index contributed by atoms with van der Waals surface area (Å²) in [6.45, 7) is 4.38. The average Bonchev–Trinajstić information content (AvgIpc) is 2.78. The highest BCUT2D eigenvalue weighted by Crippen LogP contribution is 2.21. The number of anilines is 1. The molecule has 0 saturated carbocycles. The first-order valence-corrected chi connectivity index (χ1v) is 9.42. The summed E-state index contributed by atoms with van der Waals surface area (Å²) < 4.78 is 26.9. The number of nitrogens with one attached hydrogen (secondary N) is 1. The van der Waals surface area contributed by atoms with Gasteiger partial charge in [0.05, 0.1) is 4.90 Å². The SMILES string of the molecule is CCCCNc1ccc(S(=O)(=O)N2CCCCCC2)cc1. The molecule has 0 spiro atoms. The third kappa shape index (κ3) is 4.45. The van der Waals surface area contributed by atoms with Crippen LogP contribution in [-0.2, 0) is 10.0 Å². The van der Waals surface area contributed by atoms with E-state index in [1.807, 2.05) is 12.1 Å². The van der Waals surface area contributed by atoms with Gasteiger partial charge < -0.3 is 5.32 Å². The lowest BCUT2D eigenvalue weighted by molar-refractivity contribution is 0.424. The van der Waals surface area contributed by atoms with E-state index in [0.717, 1.165) is 50.8 Å². The topological polar surface area (TPSA) is 49.4 Å². The van der Waals surface area contributed by atoms with Crippen molar-refractivity contribution in [3.05, 3.63) is 24.3 Å². The van der Waals surface area contributed by atoms with Crippen LogP contribution in [0.25, 0.3) is 0 Å². The lowest BCUT2D eigenvalue weighted by Crippen LogP contribution is -2.31. The van der Waals surface area contributed by atoms with Crippen LogP contribution in [0.15, 0.2) is 29.2 Å². The minimum Gasteiger partial charge on any atom is -0.385 e. The van der Waals surface area contributed by atoms with Gasteiger partial charge in [-0.25, -0.2) is 8.42 Å². The van der Waals surface area contributed by atoms with Gasteiger partial charge in [0.1, 0.15) is 0 Å². The van der Waals surface area contributed by atoms with Crippen LogP contribution in [0.3, 0.4) is 0 Å². The second-order valence-electron chi connectivity index (χ2n) is 5.62. The Balaban J connectivity index is 2.05. The molecule has 1 fully saturated rings. The number of sulfonamides is 1. The van der Waals surface area contributed by atoms with Crippen LogP contribution in [-0.4, -0.2) is 32.4 Å². The van der Waals surface area contributed by atoms with Crippen LogP contribution in [0.5, 0.6) is 0 Å². The Morgan fingerprint density at radius 3 is 2.24 bits per heavy atom. The molecule has 0 amide bonds. The van der Waals surface area contributed by atoms with Crippen molar-refractivity contribution in [2.45, 2.75) is 50.3 Å². The van der Waals surface area contributed by atoms with E-state index in [2.05, 4.69) is 12.2 Å². The maximum Gasteiger partial charge on any atom is 0.243 e. The zero-order valence-electron chi connectivity index (χ0n) is 12.8. The fourth-order valence-electron chi connectivity index (χ4n) is 2.59. The van der Waals surface area contributed by atoms with Crippen molar-refractivity contribution in [3.8, 4) is 0 Å². The lowest BCUT2D eigenvalue weighted by atomic mass is 10.2. The first-order valence-electron chi connectivity index (χ1n) is 7.98. The maximum atomic E-state index is 12.6. The van der Waals surface area contributed by atoms with Crippen LogP contribution >= 0.6 is 0 Å². The first-order chi connectivity index (χ1) is 10.1. The van der Waals surface area contributed by atoms with Crippen LogP contribution in [0.2, 0.25) is 0 Å². The van der Waals surface area contributed by atoms with E-state index in [4.69, 9.17) is 0 Å². The summed E-state index contributed by atoms with van der Waals surface area (Å²) in [5.74, 6) is 0. The Morgan fingerprint density at radius 1 is 1.05 bits per heavy atom. The minimum absolute atomic E-state index is 0.408. The van der Waals surface area contributed by atoms with E-state index < -0.39 is 10.0 Å². The van der Waals surface area contributed by atoms with E-state index in [0.29, 0.717) is 18.0 Å². The Bertz CT molecular complexity index is 518. The molecule has 0 aliphatic carbocycles. The molecule has 0 atom stereocenters. The van der Waals surface area contributed by atoms with Gasteiger partial charge in [-0.1, -0.05) is 26.2 Å². The fraction of sp³-hybridized carbons (Fsp3) is 0.625. The molecule has 1 saturated heterocycles. The lowest BCUT2D eigenvalue weighted by Gasteiger charge is -2.20. The van der Waals surface area contributed by atoms with Gasteiger partial charge in [-0.15, -0.1) is 0 Å². The number of rotatable bonds is 6. The van der Waals surface area contributed by atoms with Gasteiger partial charge in [0.15, 0.2) is 0 Å². The number of hydrogen-bond acceptors (Lipinski definition) is 3. The summed E-state index contributed by atoms with van der Waals surface area (Å²) in [6, 6.07) is 7.16. The van der Waals surface area contributed by atoms with Gasteiger partial charge in [0.2, 0.25) is 10.0 Å². The van der Waals surface area contributed by atoms with E-state index in [1.54, 1.807) is 16.4 Å². The highest BCUT2D eigenvalue weighted by atomic mass is 32.2. The van der Waals surface area contributed by atoms with Gasteiger partial charge in [0, 0.05) is 25.3 Å². The molecule has 2 rings (SSSR count). The van der Waals surface area contributed by atoms with Crippen molar-refractivity contribution < 1.29 is 8.42 Å². The molecule has 1 aliphatic heterocycles. The molecular weight excluding hydrogens is 284 g/mol. The Kier molecular flexibility index (Phi) is 6.06. The summed E-state index contributed by atoms with van der Waals surface area (Å²) in [7, 11) is -3.32. The molecule has 0 aromatic heterocycles. The van der Waals surface area contributed by atoms with Gasteiger partial charge in [-0.05, 0) is 43.5 Å². The zero-order valence-corrected chi connectivity index (χ0v) is 13.7.